The van der Waals surface area contributed by atoms with Gasteiger partial charge in [0.25, 0.3) is 0 Å². The maximum Gasteiger partial charge on any atom is 0.246 e. The second-order valence-corrected chi connectivity index (χ2v) is 5.97. The summed E-state index contributed by atoms with van der Waals surface area (Å²) in [5, 5.41) is 9.53. The molecule has 0 N–H and O–H groups in total. The summed E-state index contributed by atoms with van der Waals surface area (Å²) in [6.07, 6.45) is 4.23. The highest BCUT2D eigenvalue weighted by Crippen LogP contribution is 2.14. The van der Waals surface area contributed by atoms with E-state index >= 15 is 0 Å². The highest BCUT2D eigenvalue weighted by atomic mass is 16.7. The van der Waals surface area contributed by atoms with Crippen LogP contribution in [0, 0.1) is 0 Å². The Labute approximate surface area is 146 Å². The van der Waals surface area contributed by atoms with Gasteiger partial charge in [-0.2, -0.15) is 0 Å². The molecule has 25 heavy (non-hydrogen) atoms. The molecule has 3 rings (SSSR count). The van der Waals surface area contributed by atoms with Crippen molar-refractivity contribution < 1.29 is 18.8 Å². The molecule has 7 nitrogen and oxygen atoms in total. The van der Waals surface area contributed by atoms with Crippen LogP contribution in [0.5, 0.6) is 5.75 Å². The molecule has 0 bridgehead atoms. The van der Waals surface area contributed by atoms with Crippen molar-refractivity contribution in [2.24, 2.45) is 0 Å². The number of methoxy groups -OCH3 is 1. The number of nitrogens with zero attached hydrogens (tertiary/aromatic N) is 3. The summed E-state index contributed by atoms with van der Waals surface area (Å²) in [6, 6.07) is 7.91. The molecule has 134 valence electrons. The first-order valence-corrected chi connectivity index (χ1v) is 8.62. The zero-order valence-electron chi connectivity index (χ0n) is 14.4. The Hall–Kier alpha value is -2.41. The molecule has 0 unspecified atom stereocenters. The Bertz CT molecular complexity index is 678. The van der Waals surface area contributed by atoms with Gasteiger partial charge < -0.3 is 9.15 Å². The third kappa shape index (κ3) is 5.03. The van der Waals surface area contributed by atoms with Gasteiger partial charge in [0.15, 0.2) is 0 Å². The highest BCUT2D eigenvalue weighted by molar-refractivity contribution is 5.75. The quantitative estimate of drug-likeness (QED) is 0.766. The van der Waals surface area contributed by atoms with Crippen molar-refractivity contribution in [1.29, 1.82) is 0 Å². The van der Waals surface area contributed by atoms with E-state index in [1.165, 1.54) is 10.6 Å². The molecule has 0 radical (unpaired) electrons. The number of benzene rings is 1. The zero-order chi connectivity index (χ0) is 17.5. The van der Waals surface area contributed by atoms with Gasteiger partial charge >= 0.3 is 0 Å². The predicted octanol–water partition coefficient (Wildman–Crippen LogP) is 2.35. The number of hydrogen-bond acceptors (Lipinski definition) is 6. The van der Waals surface area contributed by atoms with Gasteiger partial charge in [0.05, 0.1) is 13.7 Å². The monoisotopic (exact) mass is 345 g/mol. The van der Waals surface area contributed by atoms with E-state index in [2.05, 4.69) is 10.2 Å². The van der Waals surface area contributed by atoms with Crippen LogP contribution in [-0.4, -0.2) is 41.4 Å². The summed E-state index contributed by atoms with van der Waals surface area (Å²) in [5.74, 6) is 1.89. The Morgan fingerprint density at radius 3 is 2.56 bits per heavy atom. The smallest absolute Gasteiger partial charge is 0.246 e. The molecule has 2 heterocycles. The van der Waals surface area contributed by atoms with Crippen LogP contribution in [-0.2, 0) is 28.9 Å². The summed E-state index contributed by atoms with van der Waals surface area (Å²) in [4.78, 5) is 17.4. The average Bonchev–Trinajstić information content (AvgIpc) is 3.13. The van der Waals surface area contributed by atoms with Gasteiger partial charge in [-0.3, -0.25) is 9.63 Å². The standard InChI is InChI=1S/C18H23N3O4/c1-23-15-7-4-14(5-8-15)6-9-16-19-20-17(25-16)10-11-18(22)21-12-2-3-13-24-21/h4-5,7-8H,2-3,6,9-13H2,1H3. The number of ether oxygens (including phenoxy) is 1. The van der Waals surface area contributed by atoms with Crippen LogP contribution >= 0.6 is 0 Å². The molecule has 1 aromatic carbocycles. The third-order valence-corrected chi connectivity index (χ3v) is 4.13. The molecule has 0 spiro atoms. The fourth-order valence-corrected chi connectivity index (χ4v) is 2.67. The van der Waals surface area contributed by atoms with Gasteiger partial charge in [-0.05, 0) is 37.0 Å². The van der Waals surface area contributed by atoms with E-state index in [-0.39, 0.29) is 5.91 Å². The minimum absolute atomic E-state index is 0.0299. The lowest BCUT2D eigenvalue weighted by Gasteiger charge is -2.25. The fourth-order valence-electron chi connectivity index (χ4n) is 2.67. The van der Waals surface area contributed by atoms with Gasteiger partial charge in [-0.25, -0.2) is 5.06 Å². The Morgan fingerprint density at radius 2 is 1.88 bits per heavy atom. The van der Waals surface area contributed by atoms with E-state index < -0.39 is 0 Å². The van der Waals surface area contributed by atoms with E-state index in [0.717, 1.165) is 25.0 Å². The van der Waals surface area contributed by atoms with Crippen LogP contribution < -0.4 is 4.74 Å². The summed E-state index contributed by atoms with van der Waals surface area (Å²) in [5.41, 5.74) is 1.18. The molecule has 7 heteroatoms. The lowest BCUT2D eigenvalue weighted by Crippen LogP contribution is -2.35. The Kier molecular flexibility index (Phi) is 6.00. The molecule has 0 saturated carbocycles. The second kappa shape index (κ2) is 8.62. The number of rotatable bonds is 7. The summed E-state index contributed by atoms with van der Waals surface area (Å²) >= 11 is 0. The summed E-state index contributed by atoms with van der Waals surface area (Å²) < 4.78 is 10.8. The summed E-state index contributed by atoms with van der Waals surface area (Å²) in [7, 11) is 1.65. The van der Waals surface area contributed by atoms with Crippen molar-refractivity contribution in [2.75, 3.05) is 20.3 Å². The molecule has 1 aromatic heterocycles. The van der Waals surface area contributed by atoms with E-state index in [0.29, 0.717) is 44.2 Å². The summed E-state index contributed by atoms with van der Waals surface area (Å²) in [6.45, 7) is 1.28. The molecule has 0 aliphatic carbocycles. The number of aryl methyl sites for hydroxylation is 3. The average molecular weight is 345 g/mol. The van der Waals surface area contributed by atoms with Crippen molar-refractivity contribution in [3.8, 4) is 5.75 Å². The largest absolute Gasteiger partial charge is 0.497 e. The minimum Gasteiger partial charge on any atom is -0.497 e. The third-order valence-electron chi connectivity index (χ3n) is 4.13. The van der Waals surface area contributed by atoms with Gasteiger partial charge in [0.1, 0.15) is 5.75 Å². The van der Waals surface area contributed by atoms with Crippen molar-refractivity contribution in [2.45, 2.75) is 38.5 Å². The number of carbonyl (C=O) groups excluding carboxylic acids is 1. The van der Waals surface area contributed by atoms with Crippen LogP contribution in [0.2, 0.25) is 0 Å². The highest BCUT2D eigenvalue weighted by Gasteiger charge is 2.18. The minimum atomic E-state index is -0.0299. The van der Waals surface area contributed by atoms with E-state index in [1.807, 2.05) is 24.3 Å². The van der Waals surface area contributed by atoms with Crippen molar-refractivity contribution in [3.63, 3.8) is 0 Å². The first-order valence-electron chi connectivity index (χ1n) is 8.62. The van der Waals surface area contributed by atoms with Crippen molar-refractivity contribution in [3.05, 3.63) is 41.6 Å². The van der Waals surface area contributed by atoms with E-state index in [9.17, 15) is 4.79 Å². The fraction of sp³-hybridized carbons (Fsp3) is 0.500. The second-order valence-electron chi connectivity index (χ2n) is 5.97. The van der Waals surface area contributed by atoms with E-state index in [4.69, 9.17) is 14.0 Å². The maximum atomic E-state index is 12.0. The van der Waals surface area contributed by atoms with Gasteiger partial charge in [0, 0.05) is 25.8 Å². The normalized spacial score (nSPS) is 14.5. The maximum absolute atomic E-state index is 12.0. The van der Waals surface area contributed by atoms with Crippen LogP contribution in [0.4, 0.5) is 0 Å². The molecule has 1 amide bonds. The molecule has 2 aromatic rings. The number of hydroxylamine groups is 2. The SMILES string of the molecule is COc1ccc(CCc2nnc(CCC(=O)N3CCCCO3)o2)cc1. The molecule has 1 aliphatic rings. The number of hydrogen-bond donors (Lipinski definition) is 0. The molecule has 1 saturated heterocycles. The molecule has 1 aliphatic heterocycles. The lowest BCUT2D eigenvalue weighted by molar-refractivity contribution is -0.197. The topological polar surface area (TPSA) is 77.7 Å². The molecular weight excluding hydrogens is 322 g/mol. The van der Waals surface area contributed by atoms with Crippen LogP contribution in [0.3, 0.4) is 0 Å². The number of carbonyl (C=O) groups is 1. The van der Waals surface area contributed by atoms with Crippen LogP contribution in [0.1, 0.15) is 36.6 Å². The van der Waals surface area contributed by atoms with Crippen LogP contribution in [0.25, 0.3) is 0 Å². The van der Waals surface area contributed by atoms with Crippen molar-refractivity contribution >= 4 is 5.91 Å². The Morgan fingerprint density at radius 1 is 1.12 bits per heavy atom. The number of amides is 1. The van der Waals surface area contributed by atoms with Gasteiger partial charge in [0.2, 0.25) is 17.7 Å². The number of aromatic nitrogens is 2. The molecule has 0 atom stereocenters. The van der Waals surface area contributed by atoms with Gasteiger partial charge in [-0.1, -0.05) is 12.1 Å². The zero-order valence-corrected chi connectivity index (χ0v) is 14.4. The van der Waals surface area contributed by atoms with Crippen molar-refractivity contribution in [1.82, 2.24) is 15.3 Å². The molecular formula is C18H23N3O4. The van der Waals surface area contributed by atoms with Crippen LogP contribution in [0.15, 0.2) is 28.7 Å². The predicted molar refractivity (Wildman–Crippen MR) is 89.9 cm³/mol. The molecule has 1 fully saturated rings. The lowest BCUT2D eigenvalue weighted by atomic mass is 10.1. The first-order chi connectivity index (χ1) is 12.2. The van der Waals surface area contributed by atoms with Gasteiger partial charge in [-0.15, -0.1) is 10.2 Å². The van der Waals surface area contributed by atoms with E-state index in [1.54, 1.807) is 7.11 Å². The first kappa shape index (κ1) is 17.4. The Balaban J connectivity index is 1.44.